The van der Waals surface area contributed by atoms with Crippen LogP contribution in [0.15, 0.2) is 97.1 Å². The summed E-state index contributed by atoms with van der Waals surface area (Å²) in [6.45, 7) is 28.4. The number of esters is 1. The maximum absolute atomic E-state index is 10.3. The first-order valence-corrected chi connectivity index (χ1v) is 20.3. The molecule has 0 aromatic heterocycles. The van der Waals surface area contributed by atoms with Gasteiger partial charge < -0.3 is 14.3 Å². The Hall–Kier alpha value is -4.31. The lowest BCUT2D eigenvalue weighted by atomic mass is 10.1. The zero-order valence-corrected chi connectivity index (χ0v) is 37.4. The SMILES string of the molecule is C.C.C.CCCCC(C)=O.CCCCCC(C)=O.CCCOC(C)=O.CCc1ccc(C)cc1.Cc1ccc(C)cc1.Cc1cccc(C)c1.Cc1ccccc1C. The van der Waals surface area contributed by atoms with Crippen LogP contribution in [0.4, 0.5) is 0 Å². The van der Waals surface area contributed by atoms with Gasteiger partial charge in [-0.05, 0) is 105 Å². The topological polar surface area (TPSA) is 60.4 Å². The van der Waals surface area contributed by atoms with Gasteiger partial charge in [-0.3, -0.25) is 4.79 Å². The van der Waals surface area contributed by atoms with Gasteiger partial charge in [-0.2, -0.15) is 0 Å². The highest BCUT2D eigenvalue weighted by Gasteiger charge is 1.90. The normalized spacial score (nSPS) is 8.66. The predicted molar refractivity (Wildman–Crippen MR) is 260 cm³/mol. The van der Waals surface area contributed by atoms with Gasteiger partial charge in [0.2, 0.25) is 0 Å². The number of unbranched alkanes of at least 4 members (excludes halogenated alkanes) is 3. The number of Topliss-reactive ketones (excluding diaryl/α,β-unsaturated/α-hetero) is 2. The molecule has 4 aromatic rings. The predicted octanol–water partition coefficient (Wildman–Crippen LogP) is 16.3. The quantitative estimate of drug-likeness (QED) is 0.118. The number of benzene rings is 4. The largest absolute Gasteiger partial charge is 0.466 e. The number of aryl methyl sites for hydroxylation is 8. The van der Waals surface area contributed by atoms with Crippen molar-refractivity contribution in [1.29, 1.82) is 0 Å². The summed E-state index contributed by atoms with van der Waals surface area (Å²) in [5.74, 6) is 0.433. The van der Waals surface area contributed by atoms with E-state index in [1.807, 2.05) is 6.92 Å². The van der Waals surface area contributed by atoms with Gasteiger partial charge in [-0.25, -0.2) is 0 Å². The minimum atomic E-state index is -0.193. The highest BCUT2D eigenvalue weighted by molar-refractivity contribution is 5.75. The molecule has 0 amide bonds. The number of hydrogen-bond donors (Lipinski definition) is 0. The van der Waals surface area contributed by atoms with Crippen LogP contribution < -0.4 is 0 Å². The van der Waals surface area contributed by atoms with Gasteiger partial charge in [-0.15, -0.1) is 0 Å². The minimum absolute atomic E-state index is 0. The maximum Gasteiger partial charge on any atom is 0.302 e. The van der Waals surface area contributed by atoms with Crippen LogP contribution in [0.5, 0.6) is 0 Å². The second-order valence-corrected chi connectivity index (χ2v) is 14.0. The van der Waals surface area contributed by atoms with Crippen molar-refractivity contribution < 1.29 is 19.1 Å². The molecule has 0 aliphatic rings. The van der Waals surface area contributed by atoms with Crippen LogP contribution in [0.1, 0.15) is 167 Å². The first-order chi connectivity index (χ1) is 26.0. The molecule has 0 bridgehead atoms. The zero-order valence-electron chi connectivity index (χ0n) is 37.4. The third-order valence-corrected chi connectivity index (χ3v) is 7.87. The van der Waals surface area contributed by atoms with E-state index in [1.165, 1.54) is 64.3 Å². The van der Waals surface area contributed by atoms with E-state index >= 15 is 0 Å². The van der Waals surface area contributed by atoms with Crippen molar-refractivity contribution in [2.75, 3.05) is 6.61 Å². The molecular formula is C54H90O4. The van der Waals surface area contributed by atoms with Crippen LogP contribution in [0.2, 0.25) is 0 Å². The Morgan fingerprint density at radius 1 is 0.448 bits per heavy atom. The van der Waals surface area contributed by atoms with Crippen molar-refractivity contribution in [3.63, 3.8) is 0 Å². The van der Waals surface area contributed by atoms with Crippen molar-refractivity contribution in [2.24, 2.45) is 0 Å². The molecule has 4 aromatic carbocycles. The fourth-order valence-corrected chi connectivity index (χ4v) is 4.23. The molecule has 4 nitrogen and oxygen atoms in total. The first-order valence-electron chi connectivity index (χ1n) is 20.3. The molecule has 0 atom stereocenters. The molecule has 0 saturated heterocycles. The van der Waals surface area contributed by atoms with Crippen molar-refractivity contribution >= 4 is 17.5 Å². The van der Waals surface area contributed by atoms with Crippen molar-refractivity contribution in [3.8, 4) is 0 Å². The fourth-order valence-electron chi connectivity index (χ4n) is 4.23. The van der Waals surface area contributed by atoms with Crippen molar-refractivity contribution in [3.05, 3.63) is 142 Å². The van der Waals surface area contributed by atoms with Crippen molar-refractivity contribution in [1.82, 2.24) is 0 Å². The summed E-state index contributed by atoms with van der Waals surface area (Å²) in [7, 11) is 0. The van der Waals surface area contributed by atoms with Crippen LogP contribution in [-0.4, -0.2) is 24.1 Å². The van der Waals surface area contributed by atoms with E-state index in [4.69, 9.17) is 0 Å². The number of hydrogen-bond acceptors (Lipinski definition) is 4. The second kappa shape index (κ2) is 45.4. The molecule has 330 valence electrons. The van der Waals surface area contributed by atoms with Crippen LogP contribution in [0, 0.1) is 48.5 Å². The summed E-state index contributed by atoms with van der Waals surface area (Å²) in [5, 5.41) is 0. The molecule has 0 aliphatic heterocycles. The highest BCUT2D eigenvalue weighted by Crippen LogP contribution is 2.04. The average molecular weight is 803 g/mol. The Morgan fingerprint density at radius 2 is 0.828 bits per heavy atom. The molecular weight excluding hydrogens is 713 g/mol. The molecule has 0 fully saturated rings. The molecule has 0 radical (unpaired) electrons. The Labute approximate surface area is 360 Å². The molecule has 0 spiro atoms. The van der Waals surface area contributed by atoms with Gasteiger partial charge in [0.15, 0.2) is 0 Å². The maximum atomic E-state index is 10.3. The summed E-state index contributed by atoms with van der Waals surface area (Å²) in [6.07, 6.45) is 9.22. The summed E-state index contributed by atoms with van der Waals surface area (Å²) in [5.41, 5.74) is 10.8. The van der Waals surface area contributed by atoms with Crippen LogP contribution in [-0.2, 0) is 25.5 Å². The molecule has 58 heavy (non-hydrogen) atoms. The standard InChI is InChI=1S/C9H12.3C8H10.C7H14O.C6H12O.C5H10O2.3CH4/c1-3-9-6-4-8(2)5-7-9;1-7-3-5-8(2)6-4-7;1-7-4-3-5-8(2)6-7;1-7-5-3-4-6-8(7)2;1-3-4-5-6-7(2)8;1-3-4-5-6(2)7;1-3-4-7-5(2)6;;;/h4-7H,3H2,1-2H3;3*3-6H,1-2H3;3-6H2,1-2H3;3-5H2,1-2H3;3-4H2,1-2H3;3*1H4. The smallest absolute Gasteiger partial charge is 0.302 e. The first kappa shape index (κ1) is 65.5. The minimum Gasteiger partial charge on any atom is -0.466 e. The Balaban J connectivity index is -0.000000135. The van der Waals surface area contributed by atoms with Crippen LogP contribution in [0.3, 0.4) is 0 Å². The van der Waals surface area contributed by atoms with Gasteiger partial charge in [0.1, 0.15) is 11.6 Å². The van der Waals surface area contributed by atoms with Gasteiger partial charge in [-0.1, -0.05) is 194 Å². The lowest BCUT2D eigenvalue weighted by Crippen LogP contribution is -1.98. The monoisotopic (exact) mass is 803 g/mol. The van der Waals surface area contributed by atoms with E-state index < -0.39 is 0 Å². The van der Waals surface area contributed by atoms with Crippen molar-refractivity contribution in [2.45, 2.75) is 177 Å². The number of ketones is 2. The van der Waals surface area contributed by atoms with E-state index in [-0.39, 0.29) is 28.2 Å². The molecule has 0 aliphatic carbocycles. The van der Waals surface area contributed by atoms with E-state index in [2.05, 4.69) is 171 Å². The van der Waals surface area contributed by atoms with Gasteiger partial charge in [0.05, 0.1) is 6.61 Å². The molecule has 4 rings (SSSR count). The lowest BCUT2D eigenvalue weighted by molar-refractivity contribution is -0.141. The number of rotatable bonds is 10. The molecule has 4 heteroatoms. The zero-order chi connectivity index (χ0) is 42.4. The number of ether oxygens (including phenoxy) is 1. The van der Waals surface area contributed by atoms with E-state index in [1.54, 1.807) is 13.8 Å². The van der Waals surface area contributed by atoms with Gasteiger partial charge in [0, 0.05) is 19.8 Å². The Morgan fingerprint density at radius 3 is 1.07 bits per heavy atom. The Kier molecular flexibility index (Phi) is 51.3. The van der Waals surface area contributed by atoms with Crippen LogP contribution in [0.25, 0.3) is 0 Å². The van der Waals surface area contributed by atoms with Gasteiger partial charge in [0.25, 0.3) is 0 Å². The molecule has 0 saturated carbocycles. The lowest BCUT2D eigenvalue weighted by Gasteiger charge is -1.94. The third-order valence-electron chi connectivity index (χ3n) is 7.87. The van der Waals surface area contributed by atoms with E-state index in [0.717, 1.165) is 44.9 Å². The van der Waals surface area contributed by atoms with E-state index in [9.17, 15) is 14.4 Å². The second-order valence-electron chi connectivity index (χ2n) is 14.0. The third kappa shape index (κ3) is 49.7. The summed E-state index contributed by atoms with van der Waals surface area (Å²) < 4.78 is 4.55. The van der Waals surface area contributed by atoms with Crippen LogP contribution >= 0.6 is 0 Å². The molecule has 0 heterocycles. The Bertz CT molecular complexity index is 1420. The van der Waals surface area contributed by atoms with Gasteiger partial charge >= 0.3 is 5.97 Å². The number of carbonyl (C=O) groups is 3. The molecule has 0 N–H and O–H groups in total. The summed E-state index contributed by atoms with van der Waals surface area (Å²) >= 11 is 0. The number of carbonyl (C=O) groups excluding carboxylic acids is 3. The summed E-state index contributed by atoms with van der Waals surface area (Å²) in [6, 6.07) is 33.9. The summed E-state index contributed by atoms with van der Waals surface area (Å²) in [4.78, 5) is 30.5. The average Bonchev–Trinajstić information content (AvgIpc) is 3.14. The van der Waals surface area contributed by atoms with E-state index in [0.29, 0.717) is 18.2 Å². The highest BCUT2D eigenvalue weighted by atomic mass is 16.5. The molecule has 0 unspecified atom stereocenters. The fraction of sp³-hybridized carbons (Fsp3) is 0.500.